The second kappa shape index (κ2) is 8.94. The van der Waals surface area contributed by atoms with Crippen LogP contribution in [0.3, 0.4) is 0 Å². The molecular formula is C20H21Cl2O2P. The fourth-order valence-corrected chi connectivity index (χ4v) is 5.79. The topological polar surface area (TPSA) is 34.1 Å². The molecule has 0 fully saturated rings. The van der Waals surface area contributed by atoms with Crippen LogP contribution in [0.15, 0.2) is 36.4 Å². The summed E-state index contributed by atoms with van der Waals surface area (Å²) in [6, 6.07) is 10.7. The molecule has 132 valence electrons. The van der Waals surface area contributed by atoms with Gasteiger partial charge < -0.3 is 0 Å². The van der Waals surface area contributed by atoms with Crippen molar-refractivity contribution < 1.29 is 9.59 Å². The number of halogens is 2. The Bertz CT molecular complexity index is 698. The molecule has 0 amide bonds. The molecule has 2 aromatic carbocycles. The Hall–Kier alpha value is -1.21. The van der Waals surface area contributed by atoms with E-state index < -0.39 is 7.92 Å². The van der Waals surface area contributed by atoms with E-state index in [1.807, 2.05) is 39.0 Å². The first-order valence-corrected chi connectivity index (χ1v) is 10.5. The number of carbonyl (C=O) groups is 2. The van der Waals surface area contributed by atoms with Gasteiger partial charge in [-0.2, -0.15) is 0 Å². The van der Waals surface area contributed by atoms with Gasteiger partial charge >= 0.3 is 0 Å². The third-order valence-corrected chi connectivity index (χ3v) is 6.92. The third kappa shape index (κ3) is 4.50. The predicted molar refractivity (Wildman–Crippen MR) is 108 cm³/mol. The van der Waals surface area contributed by atoms with Crippen LogP contribution in [-0.2, 0) is 0 Å². The molecule has 0 aliphatic rings. The zero-order valence-electron chi connectivity index (χ0n) is 14.6. The van der Waals surface area contributed by atoms with E-state index in [0.29, 0.717) is 21.8 Å². The third-order valence-electron chi connectivity index (χ3n) is 4.10. The number of aryl methyl sites for hydroxylation is 2. The monoisotopic (exact) mass is 394 g/mol. The lowest BCUT2D eigenvalue weighted by atomic mass is 10.0. The summed E-state index contributed by atoms with van der Waals surface area (Å²) in [6.07, 6.45) is 2.29. The van der Waals surface area contributed by atoms with Crippen LogP contribution in [0.4, 0.5) is 0 Å². The Kier molecular flexibility index (Phi) is 7.19. The van der Waals surface area contributed by atoms with Crippen LogP contribution in [0.1, 0.15) is 51.6 Å². The van der Waals surface area contributed by atoms with E-state index in [2.05, 4.69) is 0 Å². The van der Waals surface area contributed by atoms with Crippen LogP contribution in [0.5, 0.6) is 0 Å². The minimum Gasteiger partial charge on any atom is -0.289 e. The number of hydrogen-bond donors (Lipinski definition) is 0. The van der Waals surface area contributed by atoms with E-state index in [1.165, 1.54) is 0 Å². The standard InChI is InChI=1S/C20H21Cl2O2P/c1-4-5-12-25(19(23)17-13(2)8-6-9-14(17)3)20(24)18-15(21)10-7-11-16(18)22/h6-11H,4-5,12H2,1-3H3. The highest BCUT2D eigenvalue weighted by Crippen LogP contribution is 2.47. The fraction of sp³-hybridized carbons (Fsp3) is 0.300. The molecule has 2 nitrogen and oxygen atoms in total. The Balaban J connectivity index is 2.49. The van der Waals surface area contributed by atoms with Gasteiger partial charge in [-0.05, 0) is 49.7 Å². The average Bonchev–Trinajstić information content (AvgIpc) is 2.55. The molecule has 0 spiro atoms. The van der Waals surface area contributed by atoms with Crippen molar-refractivity contribution in [2.24, 2.45) is 0 Å². The summed E-state index contributed by atoms with van der Waals surface area (Å²) in [7, 11) is -1.55. The smallest absolute Gasteiger partial charge is 0.195 e. The first-order chi connectivity index (χ1) is 11.9. The summed E-state index contributed by atoms with van der Waals surface area (Å²) in [5, 5.41) is 0.603. The zero-order valence-corrected chi connectivity index (χ0v) is 17.0. The van der Waals surface area contributed by atoms with Gasteiger partial charge in [-0.15, -0.1) is 0 Å². The first-order valence-electron chi connectivity index (χ1n) is 8.24. The Morgan fingerprint density at radius 2 is 1.36 bits per heavy atom. The number of rotatable bonds is 7. The molecular weight excluding hydrogens is 374 g/mol. The molecule has 0 bridgehead atoms. The molecule has 0 radical (unpaired) electrons. The van der Waals surface area contributed by atoms with Crippen LogP contribution in [0.2, 0.25) is 10.0 Å². The fourth-order valence-electron chi connectivity index (χ4n) is 2.74. The summed E-state index contributed by atoms with van der Waals surface area (Å²) in [5.74, 6) is 0. The van der Waals surface area contributed by atoms with Gasteiger partial charge in [-0.1, -0.05) is 60.8 Å². The lowest BCUT2D eigenvalue weighted by molar-refractivity contribution is 0.105. The van der Waals surface area contributed by atoms with Crippen LogP contribution in [0, 0.1) is 13.8 Å². The van der Waals surface area contributed by atoms with Gasteiger partial charge in [0.1, 0.15) is 0 Å². The van der Waals surface area contributed by atoms with E-state index in [-0.39, 0.29) is 16.6 Å². The highest BCUT2D eigenvalue weighted by Gasteiger charge is 2.31. The van der Waals surface area contributed by atoms with E-state index in [1.54, 1.807) is 18.2 Å². The number of hydrogen-bond acceptors (Lipinski definition) is 2. The maximum absolute atomic E-state index is 13.3. The van der Waals surface area contributed by atoms with Crippen molar-refractivity contribution in [1.29, 1.82) is 0 Å². The number of benzene rings is 2. The molecule has 2 aromatic rings. The second-order valence-electron chi connectivity index (χ2n) is 5.98. The number of carbonyl (C=O) groups excluding carboxylic acids is 2. The minimum atomic E-state index is -1.55. The summed E-state index contributed by atoms with van der Waals surface area (Å²) in [6.45, 7) is 5.85. The molecule has 25 heavy (non-hydrogen) atoms. The largest absolute Gasteiger partial charge is 0.289 e. The van der Waals surface area contributed by atoms with Crippen molar-refractivity contribution in [3.05, 3.63) is 68.7 Å². The van der Waals surface area contributed by atoms with E-state index in [4.69, 9.17) is 23.2 Å². The minimum absolute atomic E-state index is 0.0833. The molecule has 0 saturated heterocycles. The van der Waals surface area contributed by atoms with Crippen molar-refractivity contribution in [1.82, 2.24) is 0 Å². The van der Waals surface area contributed by atoms with Crippen molar-refractivity contribution in [3.8, 4) is 0 Å². The zero-order chi connectivity index (χ0) is 18.6. The number of unbranched alkanes of at least 4 members (excludes halogenated alkanes) is 1. The quantitative estimate of drug-likeness (QED) is 0.479. The normalized spacial score (nSPS) is 12.0. The second-order valence-corrected chi connectivity index (χ2v) is 8.91. The molecule has 1 atom stereocenters. The van der Waals surface area contributed by atoms with Gasteiger partial charge in [0, 0.05) is 13.5 Å². The molecule has 0 N–H and O–H groups in total. The van der Waals surface area contributed by atoms with Crippen LogP contribution < -0.4 is 0 Å². The van der Waals surface area contributed by atoms with Crippen molar-refractivity contribution in [3.63, 3.8) is 0 Å². The molecule has 1 unspecified atom stereocenters. The van der Waals surface area contributed by atoms with Crippen molar-refractivity contribution in [2.45, 2.75) is 33.6 Å². The van der Waals surface area contributed by atoms with Gasteiger partial charge in [-0.3, -0.25) is 9.59 Å². The van der Waals surface area contributed by atoms with Crippen molar-refractivity contribution >= 4 is 42.2 Å². The van der Waals surface area contributed by atoms with E-state index in [9.17, 15) is 9.59 Å². The van der Waals surface area contributed by atoms with Crippen LogP contribution >= 0.6 is 31.1 Å². The van der Waals surface area contributed by atoms with Gasteiger partial charge in [0.25, 0.3) is 0 Å². The maximum Gasteiger partial charge on any atom is 0.195 e. The van der Waals surface area contributed by atoms with Crippen LogP contribution in [0.25, 0.3) is 0 Å². The molecule has 0 aliphatic carbocycles. The molecule has 2 rings (SSSR count). The highest BCUT2D eigenvalue weighted by molar-refractivity contribution is 7.90. The van der Waals surface area contributed by atoms with Gasteiger partial charge in [0.05, 0.1) is 15.6 Å². The lowest BCUT2D eigenvalue weighted by Crippen LogP contribution is -2.12. The molecule has 0 saturated carbocycles. The predicted octanol–water partition coefficient (Wildman–Crippen LogP) is 6.87. The SMILES string of the molecule is CCCCP(C(=O)c1c(C)cccc1C)C(=O)c1c(Cl)cccc1Cl. The lowest BCUT2D eigenvalue weighted by Gasteiger charge is -2.18. The first kappa shape index (κ1) is 20.1. The van der Waals surface area contributed by atoms with E-state index in [0.717, 1.165) is 24.0 Å². The summed E-state index contributed by atoms with van der Waals surface area (Å²) in [4.78, 5) is 26.4. The van der Waals surface area contributed by atoms with Crippen molar-refractivity contribution in [2.75, 3.05) is 6.16 Å². The maximum atomic E-state index is 13.3. The Morgan fingerprint density at radius 3 is 1.88 bits per heavy atom. The van der Waals surface area contributed by atoms with Crippen LogP contribution in [-0.4, -0.2) is 17.2 Å². The highest BCUT2D eigenvalue weighted by atomic mass is 35.5. The Morgan fingerprint density at radius 1 is 0.880 bits per heavy atom. The molecule has 0 heterocycles. The average molecular weight is 395 g/mol. The molecule has 0 aliphatic heterocycles. The summed E-state index contributed by atoms with van der Waals surface area (Å²) < 4.78 is 0. The summed E-state index contributed by atoms with van der Waals surface area (Å²) in [5.41, 5.74) is 2.40. The van der Waals surface area contributed by atoms with E-state index >= 15 is 0 Å². The van der Waals surface area contributed by atoms with Gasteiger partial charge in [0.2, 0.25) is 0 Å². The van der Waals surface area contributed by atoms with Gasteiger partial charge in [-0.25, -0.2) is 0 Å². The van der Waals surface area contributed by atoms with Gasteiger partial charge in [0.15, 0.2) is 11.0 Å². The Labute approximate surface area is 160 Å². The molecule has 0 aromatic heterocycles. The molecule has 5 heteroatoms. The summed E-state index contributed by atoms with van der Waals surface area (Å²) >= 11 is 12.4.